The smallest absolute Gasteiger partial charge is 0.248 e. The van der Waals surface area contributed by atoms with E-state index in [2.05, 4.69) is 15.6 Å². The lowest BCUT2D eigenvalue weighted by atomic mass is 9.91. The van der Waals surface area contributed by atoms with Gasteiger partial charge in [-0.3, -0.25) is 9.59 Å². The number of carbonyl (C=O) groups excluding carboxylic acids is 1. The summed E-state index contributed by atoms with van der Waals surface area (Å²) < 4.78 is 0. The highest BCUT2D eigenvalue weighted by Crippen LogP contribution is 2.26. The van der Waals surface area contributed by atoms with Crippen LogP contribution in [-0.2, 0) is 11.2 Å². The molecule has 3 N–H and O–H groups in total. The molecule has 1 aromatic rings. The number of aromatic amines is 1. The van der Waals surface area contributed by atoms with Crippen molar-refractivity contribution in [2.24, 2.45) is 0 Å². The van der Waals surface area contributed by atoms with E-state index < -0.39 is 0 Å². The third kappa shape index (κ3) is 3.20. The Morgan fingerprint density at radius 2 is 2.28 bits per heavy atom. The predicted octanol–water partition coefficient (Wildman–Crippen LogP) is 0.478. The van der Waals surface area contributed by atoms with E-state index in [4.69, 9.17) is 0 Å². The van der Waals surface area contributed by atoms with E-state index in [-0.39, 0.29) is 17.5 Å². The Morgan fingerprint density at radius 3 is 3.06 bits per heavy atom. The Bertz CT molecular complexity index is 481. The highest BCUT2D eigenvalue weighted by Gasteiger charge is 2.19. The molecule has 0 saturated heterocycles. The average Bonchev–Trinajstić information content (AvgIpc) is 2.34. The molecule has 98 valence electrons. The van der Waals surface area contributed by atoms with Crippen molar-refractivity contribution in [3.05, 3.63) is 33.7 Å². The van der Waals surface area contributed by atoms with E-state index in [9.17, 15) is 9.59 Å². The summed E-state index contributed by atoms with van der Waals surface area (Å²) in [7, 11) is 0. The summed E-state index contributed by atoms with van der Waals surface area (Å²) in [5.74, 6) is -0.00910. The quantitative estimate of drug-likeness (QED) is 0.679. The molecule has 1 heterocycles. The first kappa shape index (κ1) is 12.8. The summed E-state index contributed by atoms with van der Waals surface area (Å²) in [6, 6.07) is 3.76. The van der Waals surface area contributed by atoms with Gasteiger partial charge in [-0.25, -0.2) is 0 Å². The Balaban J connectivity index is 1.95. The highest BCUT2D eigenvalue weighted by atomic mass is 16.1. The van der Waals surface area contributed by atoms with Gasteiger partial charge in [-0.05, 0) is 24.8 Å². The van der Waals surface area contributed by atoms with Gasteiger partial charge in [-0.15, -0.1) is 0 Å². The summed E-state index contributed by atoms with van der Waals surface area (Å²) in [6.07, 6.45) is 3.08. The number of hydrogen-bond acceptors (Lipinski definition) is 3. The van der Waals surface area contributed by atoms with Crippen LogP contribution >= 0.6 is 0 Å². The lowest BCUT2D eigenvalue weighted by Crippen LogP contribution is -2.34. The molecule has 1 atom stereocenters. The Hall–Kier alpha value is -1.62. The molecule has 0 bridgehead atoms. The Labute approximate surface area is 106 Å². The van der Waals surface area contributed by atoms with E-state index in [0.29, 0.717) is 6.54 Å². The van der Waals surface area contributed by atoms with Crippen LogP contribution in [0.3, 0.4) is 0 Å². The molecule has 1 aliphatic rings. The first-order valence-corrected chi connectivity index (χ1v) is 6.37. The molecule has 0 spiro atoms. The second-order valence-electron chi connectivity index (χ2n) is 4.64. The van der Waals surface area contributed by atoms with Crippen molar-refractivity contribution < 1.29 is 4.79 Å². The average molecular weight is 249 g/mol. The summed E-state index contributed by atoms with van der Waals surface area (Å²) in [5, 5.41) is 6.17. The van der Waals surface area contributed by atoms with E-state index in [0.717, 1.165) is 31.5 Å². The van der Waals surface area contributed by atoms with Crippen LogP contribution in [0.15, 0.2) is 16.9 Å². The monoisotopic (exact) mass is 249 g/mol. The van der Waals surface area contributed by atoms with Crippen molar-refractivity contribution in [3.8, 4) is 0 Å². The molecule has 18 heavy (non-hydrogen) atoms. The van der Waals surface area contributed by atoms with Crippen LogP contribution < -0.4 is 16.2 Å². The number of carbonyl (C=O) groups is 1. The van der Waals surface area contributed by atoms with Gasteiger partial charge < -0.3 is 15.6 Å². The molecule has 0 fully saturated rings. The number of H-pyrrole nitrogens is 1. The van der Waals surface area contributed by atoms with Crippen LogP contribution in [0, 0.1) is 0 Å². The lowest BCUT2D eigenvalue weighted by Gasteiger charge is -2.26. The zero-order valence-electron chi connectivity index (χ0n) is 10.6. The van der Waals surface area contributed by atoms with Crippen LogP contribution in [-0.4, -0.2) is 24.0 Å². The normalized spacial score (nSPS) is 18.2. The number of pyridine rings is 1. The maximum absolute atomic E-state index is 11.3. The largest absolute Gasteiger partial charge is 0.355 e. The van der Waals surface area contributed by atoms with Gasteiger partial charge in [0.25, 0.3) is 0 Å². The van der Waals surface area contributed by atoms with Crippen LogP contribution in [0.1, 0.15) is 37.1 Å². The lowest BCUT2D eigenvalue weighted by molar-refractivity contribution is -0.118. The number of hydrogen-bond donors (Lipinski definition) is 3. The van der Waals surface area contributed by atoms with Crippen molar-refractivity contribution in [1.82, 2.24) is 15.6 Å². The first-order chi connectivity index (χ1) is 8.66. The minimum atomic E-state index is -0.0346. The third-order valence-electron chi connectivity index (χ3n) is 3.22. The second kappa shape index (κ2) is 5.82. The van der Waals surface area contributed by atoms with E-state index in [1.807, 2.05) is 6.07 Å². The van der Waals surface area contributed by atoms with Gasteiger partial charge in [0.2, 0.25) is 11.5 Å². The Morgan fingerprint density at radius 1 is 1.44 bits per heavy atom. The SMILES string of the molecule is CC(=O)NCCNC1CCCc2[nH]c(=O)ccc21. The van der Waals surface area contributed by atoms with Crippen LogP contribution in [0.2, 0.25) is 0 Å². The third-order valence-corrected chi connectivity index (χ3v) is 3.22. The maximum atomic E-state index is 11.3. The summed E-state index contributed by atoms with van der Waals surface area (Å²) in [6.45, 7) is 2.88. The summed E-state index contributed by atoms with van der Waals surface area (Å²) >= 11 is 0. The fourth-order valence-electron chi connectivity index (χ4n) is 2.40. The molecule has 0 saturated carbocycles. The molecule has 0 aliphatic heterocycles. The van der Waals surface area contributed by atoms with Crippen molar-refractivity contribution in [2.75, 3.05) is 13.1 Å². The number of aromatic nitrogens is 1. The minimum Gasteiger partial charge on any atom is -0.355 e. The fraction of sp³-hybridized carbons (Fsp3) is 0.538. The number of nitrogens with one attached hydrogen (secondary N) is 3. The Kier molecular flexibility index (Phi) is 4.15. The molecule has 0 aromatic carbocycles. The molecular formula is C13H19N3O2. The van der Waals surface area contributed by atoms with Gasteiger partial charge in [-0.1, -0.05) is 6.07 Å². The number of aryl methyl sites for hydroxylation is 1. The fourth-order valence-corrected chi connectivity index (χ4v) is 2.40. The molecule has 1 aliphatic carbocycles. The van der Waals surface area contributed by atoms with Crippen molar-refractivity contribution in [1.29, 1.82) is 0 Å². The van der Waals surface area contributed by atoms with Crippen LogP contribution in [0.25, 0.3) is 0 Å². The van der Waals surface area contributed by atoms with Crippen LogP contribution in [0.4, 0.5) is 0 Å². The molecule has 2 rings (SSSR count). The van der Waals surface area contributed by atoms with Gasteiger partial charge >= 0.3 is 0 Å². The molecule has 1 aromatic heterocycles. The number of fused-ring (bicyclic) bond motifs is 1. The standard InChI is InChI=1S/C13H19N3O2/c1-9(17)14-7-8-15-11-3-2-4-12-10(11)5-6-13(18)16-12/h5-6,11,15H,2-4,7-8H2,1H3,(H,14,17)(H,16,18). The van der Waals surface area contributed by atoms with Crippen molar-refractivity contribution >= 4 is 5.91 Å². The molecule has 1 amide bonds. The second-order valence-corrected chi connectivity index (χ2v) is 4.64. The first-order valence-electron chi connectivity index (χ1n) is 6.37. The van der Waals surface area contributed by atoms with Crippen LogP contribution in [0.5, 0.6) is 0 Å². The minimum absolute atomic E-state index is 0.00910. The van der Waals surface area contributed by atoms with Crippen molar-refractivity contribution in [2.45, 2.75) is 32.2 Å². The highest BCUT2D eigenvalue weighted by molar-refractivity contribution is 5.72. The maximum Gasteiger partial charge on any atom is 0.248 e. The van der Waals surface area contributed by atoms with Gasteiger partial charge in [0.15, 0.2) is 0 Å². The van der Waals surface area contributed by atoms with Crippen molar-refractivity contribution in [3.63, 3.8) is 0 Å². The molecule has 1 unspecified atom stereocenters. The summed E-state index contributed by atoms with van der Waals surface area (Å²) in [5.41, 5.74) is 2.20. The molecule has 5 heteroatoms. The van der Waals surface area contributed by atoms with E-state index in [1.165, 1.54) is 12.5 Å². The molecule has 0 radical (unpaired) electrons. The van der Waals surface area contributed by atoms with Gasteiger partial charge in [-0.2, -0.15) is 0 Å². The molecular weight excluding hydrogens is 230 g/mol. The van der Waals surface area contributed by atoms with E-state index >= 15 is 0 Å². The van der Waals surface area contributed by atoms with Gasteiger partial charge in [0, 0.05) is 37.8 Å². The predicted molar refractivity (Wildman–Crippen MR) is 69.4 cm³/mol. The number of amides is 1. The molecule has 5 nitrogen and oxygen atoms in total. The van der Waals surface area contributed by atoms with E-state index in [1.54, 1.807) is 6.07 Å². The zero-order valence-corrected chi connectivity index (χ0v) is 10.6. The van der Waals surface area contributed by atoms with Gasteiger partial charge in [0.05, 0.1) is 0 Å². The summed E-state index contributed by atoms with van der Waals surface area (Å²) in [4.78, 5) is 24.9. The zero-order chi connectivity index (χ0) is 13.0. The topological polar surface area (TPSA) is 74.0 Å². The van der Waals surface area contributed by atoms with Gasteiger partial charge in [0.1, 0.15) is 0 Å². The number of rotatable bonds is 4.